The van der Waals surface area contributed by atoms with Crippen LogP contribution in [0.1, 0.15) is 10.4 Å². The monoisotopic (exact) mass is 284 g/mol. The molecule has 0 bridgehead atoms. The molecule has 0 unspecified atom stereocenters. The minimum Gasteiger partial charge on any atom is -0.465 e. The van der Waals surface area contributed by atoms with E-state index >= 15 is 0 Å². The first-order valence-electron chi connectivity index (χ1n) is 5.68. The van der Waals surface area contributed by atoms with Crippen LogP contribution < -0.4 is 10.6 Å². The second-order valence-electron chi connectivity index (χ2n) is 3.77. The number of hydrogen-bond acceptors (Lipinski definition) is 4. The van der Waals surface area contributed by atoms with Crippen LogP contribution >= 0.6 is 0 Å². The molecular weight excluding hydrogens is 270 g/mol. The van der Waals surface area contributed by atoms with Crippen LogP contribution in [0.15, 0.2) is 24.8 Å². The molecular formula is C13H14F2N2O3. The molecule has 0 aromatic heterocycles. The van der Waals surface area contributed by atoms with Gasteiger partial charge >= 0.3 is 5.97 Å². The number of rotatable bonds is 6. The highest BCUT2D eigenvalue weighted by atomic mass is 19.1. The Morgan fingerprint density at radius 2 is 2.05 bits per heavy atom. The van der Waals surface area contributed by atoms with E-state index in [1.54, 1.807) is 6.08 Å². The van der Waals surface area contributed by atoms with Crippen molar-refractivity contribution >= 4 is 17.6 Å². The van der Waals surface area contributed by atoms with E-state index in [1.807, 2.05) is 0 Å². The van der Waals surface area contributed by atoms with Gasteiger partial charge in [0.2, 0.25) is 5.91 Å². The van der Waals surface area contributed by atoms with Crippen LogP contribution in [-0.2, 0) is 9.53 Å². The lowest BCUT2D eigenvalue weighted by Gasteiger charge is -2.09. The Hall–Kier alpha value is -2.28. The fraction of sp³-hybridized carbons (Fsp3) is 0.231. The van der Waals surface area contributed by atoms with Crippen LogP contribution in [0.4, 0.5) is 14.5 Å². The molecule has 108 valence electrons. The van der Waals surface area contributed by atoms with E-state index in [0.29, 0.717) is 12.6 Å². The average Bonchev–Trinajstić information content (AvgIpc) is 2.41. The zero-order valence-electron chi connectivity index (χ0n) is 10.8. The Balaban J connectivity index is 2.86. The summed E-state index contributed by atoms with van der Waals surface area (Å²) >= 11 is 0. The number of nitrogens with one attached hydrogen (secondary N) is 2. The fourth-order valence-corrected chi connectivity index (χ4v) is 1.39. The molecule has 0 radical (unpaired) electrons. The topological polar surface area (TPSA) is 67.4 Å². The van der Waals surface area contributed by atoms with Gasteiger partial charge in [-0.15, -0.1) is 6.58 Å². The van der Waals surface area contributed by atoms with Crippen molar-refractivity contribution in [1.82, 2.24) is 5.32 Å². The Labute approximate surface area is 114 Å². The van der Waals surface area contributed by atoms with Crippen molar-refractivity contribution in [3.8, 4) is 0 Å². The maximum absolute atomic E-state index is 13.5. The molecule has 0 saturated carbocycles. The summed E-state index contributed by atoms with van der Waals surface area (Å²) in [5, 5.41) is 4.95. The molecule has 1 aromatic rings. The zero-order chi connectivity index (χ0) is 15.1. The van der Waals surface area contributed by atoms with Crippen molar-refractivity contribution in [3.63, 3.8) is 0 Å². The van der Waals surface area contributed by atoms with Crippen molar-refractivity contribution in [2.24, 2.45) is 0 Å². The van der Waals surface area contributed by atoms with Crippen LogP contribution in [0, 0.1) is 11.6 Å². The van der Waals surface area contributed by atoms with Gasteiger partial charge < -0.3 is 15.4 Å². The molecule has 0 aliphatic carbocycles. The van der Waals surface area contributed by atoms with Crippen molar-refractivity contribution in [1.29, 1.82) is 0 Å². The van der Waals surface area contributed by atoms with E-state index in [1.165, 1.54) is 0 Å². The predicted octanol–water partition coefficient (Wildman–Crippen LogP) is 1.47. The summed E-state index contributed by atoms with van der Waals surface area (Å²) in [6, 6.07) is 1.40. The quantitative estimate of drug-likeness (QED) is 0.471. The normalized spacial score (nSPS) is 9.95. The maximum atomic E-state index is 13.5. The van der Waals surface area contributed by atoms with E-state index in [0.717, 1.165) is 13.2 Å². The van der Waals surface area contributed by atoms with Gasteiger partial charge in [0.05, 0.1) is 24.9 Å². The van der Waals surface area contributed by atoms with Gasteiger partial charge in [-0.05, 0) is 6.07 Å². The Morgan fingerprint density at radius 3 is 2.65 bits per heavy atom. The number of anilines is 1. The van der Waals surface area contributed by atoms with Crippen LogP contribution in [-0.4, -0.2) is 32.1 Å². The number of benzene rings is 1. The van der Waals surface area contributed by atoms with E-state index < -0.39 is 29.1 Å². The van der Waals surface area contributed by atoms with Crippen LogP contribution in [0.2, 0.25) is 0 Å². The molecule has 1 aromatic carbocycles. The van der Waals surface area contributed by atoms with Gasteiger partial charge in [-0.3, -0.25) is 4.79 Å². The summed E-state index contributed by atoms with van der Waals surface area (Å²) in [4.78, 5) is 22.8. The summed E-state index contributed by atoms with van der Waals surface area (Å²) in [7, 11) is 1.07. The van der Waals surface area contributed by atoms with Crippen molar-refractivity contribution < 1.29 is 23.1 Å². The van der Waals surface area contributed by atoms with E-state index in [2.05, 4.69) is 21.9 Å². The van der Waals surface area contributed by atoms with Crippen molar-refractivity contribution in [2.75, 3.05) is 25.5 Å². The number of carbonyl (C=O) groups excluding carboxylic acids is 2. The first-order chi connectivity index (χ1) is 9.49. The Kier molecular flexibility index (Phi) is 5.79. The Bertz CT molecular complexity index is 533. The van der Waals surface area contributed by atoms with Crippen molar-refractivity contribution in [3.05, 3.63) is 42.0 Å². The van der Waals surface area contributed by atoms with E-state index in [-0.39, 0.29) is 12.2 Å². The number of halogens is 2. The third-order valence-electron chi connectivity index (χ3n) is 2.31. The molecule has 1 rings (SSSR count). The number of ether oxygens (including phenoxy) is 1. The zero-order valence-corrected chi connectivity index (χ0v) is 10.8. The highest BCUT2D eigenvalue weighted by Crippen LogP contribution is 2.20. The molecule has 0 spiro atoms. The molecule has 20 heavy (non-hydrogen) atoms. The highest BCUT2D eigenvalue weighted by Gasteiger charge is 2.17. The second-order valence-corrected chi connectivity index (χ2v) is 3.77. The first kappa shape index (κ1) is 15.8. The van der Waals surface area contributed by atoms with E-state index in [9.17, 15) is 18.4 Å². The van der Waals surface area contributed by atoms with Gasteiger partial charge in [-0.25, -0.2) is 13.6 Å². The lowest BCUT2D eigenvalue weighted by Crippen LogP contribution is -2.28. The standard InChI is InChI=1S/C13H14F2N2O3/c1-3-4-16-7-12(18)17-11-5-8(13(19)20-2)9(14)6-10(11)15/h3,5-6,16H,1,4,7H2,2H3,(H,17,18). The highest BCUT2D eigenvalue weighted by molar-refractivity contribution is 5.95. The van der Waals surface area contributed by atoms with Crippen molar-refractivity contribution in [2.45, 2.75) is 0 Å². The Morgan fingerprint density at radius 1 is 1.35 bits per heavy atom. The summed E-state index contributed by atoms with van der Waals surface area (Å²) in [6.07, 6.45) is 1.56. The summed E-state index contributed by atoms with van der Waals surface area (Å²) < 4.78 is 31.2. The molecule has 1 amide bonds. The fourth-order valence-electron chi connectivity index (χ4n) is 1.39. The minimum atomic E-state index is -1.06. The predicted molar refractivity (Wildman–Crippen MR) is 69.4 cm³/mol. The number of carbonyl (C=O) groups is 2. The van der Waals surface area contributed by atoms with Crippen LogP contribution in [0.25, 0.3) is 0 Å². The molecule has 0 fully saturated rings. The third-order valence-corrected chi connectivity index (χ3v) is 2.31. The van der Waals surface area contributed by atoms with Gasteiger partial charge in [-0.2, -0.15) is 0 Å². The lowest BCUT2D eigenvalue weighted by atomic mass is 10.1. The molecule has 2 N–H and O–H groups in total. The number of methoxy groups -OCH3 is 1. The SMILES string of the molecule is C=CCNCC(=O)Nc1cc(C(=O)OC)c(F)cc1F. The third kappa shape index (κ3) is 4.13. The van der Waals surface area contributed by atoms with E-state index in [4.69, 9.17) is 0 Å². The number of amides is 1. The molecule has 0 saturated heterocycles. The number of esters is 1. The summed E-state index contributed by atoms with van der Waals surface area (Å²) in [5.74, 6) is -3.53. The van der Waals surface area contributed by atoms with Crippen LogP contribution in [0.3, 0.4) is 0 Å². The minimum absolute atomic E-state index is 0.0730. The molecule has 0 heterocycles. The molecule has 5 nitrogen and oxygen atoms in total. The van der Waals surface area contributed by atoms with Gasteiger partial charge in [0.15, 0.2) is 0 Å². The molecule has 7 heteroatoms. The molecule has 0 atom stereocenters. The average molecular weight is 284 g/mol. The van der Waals surface area contributed by atoms with Gasteiger partial charge in [-0.1, -0.05) is 6.08 Å². The second kappa shape index (κ2) is 7.34. The van der Waals surface area contributed by atoms with Crippen LogP contribution in [0.5, 0.6) is 0 Å². The largest absolute Gasteiger partial charge is 0.465 e. The van der Waals surface area contributed by atoms with Gasteiger partial charge in [0.25, 0.3) is 0 Å². The number of hydrogen-bond donors (Lipinski definition) is 2. The molecule has 0 aliphatic heterocycles. The summed E-state index contributed by atoms with van der Waals surface area (Å²) in [5.41, 5.74) is -0.750. The smallest absolute Gasteiger partial charge is 0.340 e. The first-order valence-corrected chi connectivity index (χ1v) is 5.68. The lowest BCUT2D eigenvalue weighted by molar-refractivity contribution is -0.115. The van der Waals surface area contributed by atoms with Gasteiger partial charge in [0, 0.05) is 12.6 Å². The molecule has 0 aliphatic rings. The summed E-state index contributed by atoms with van der Waals surface area (Å²) in [6.45, 7) is 3.79. The van der Waals surface area contributed by atoms with Gasteiger partial charge in [0.1, 0.15) is 11.6 Å². The maximum Gasteiger partial charge on any atom is 0.340 e.